The lowest BCUT2D eigenvalue weighted by Crippen LogP contribution is -2.19. The van der Waals surface area contributed by atoms with Crippen LogP contribution in [0.5, 0.6) is 0 Å². The van der Waals surface area contributed by atoms with Crippen molar-refractivity contribution in [1.82, 2.24) is 4.90 Å². The number of likely N-dealkylation sites (N-methyl/N-ethyl adjacent to an activating group) is 1. The van der Waals surface area contributed by atoms with Gasteiger partial charge in [-0.25, -0.2) is 0 Å². The summed E-state index contributed by atoms with van der Waals surface area (Å²) in [5.41, 5.74) is 0. The molecular formula is C7H13NO2. The smallest absolute Gasteiger partial charge is 0.302 e. The summed E-state index contributed by atoms with van der Waals surface area (Å²) in [7, 11) is 3.99. The number of nitrogens with zero attached hydrogens (tertiary/aromatic N) is 1. The van der Waals surface area contributed by atoms with Crippen molar-refractivity contribution in [2.24, 2.45) is 0 Å². The molecule has 1 saturated carbocycles. The Morgan fingerprint density at radius 1 is 1.60 bits per heavy atom. The molecule has 1 aliphatic rings. The Bertz CT molecular complexity index is 145. The number of ether oxygens (including phenoxy) is 1. The molecule has 3 heteroatoms. The summed E-state index contributed by atoms with van der Waals surface area (Å²) in [5, 5.41) is 0. The van der Waals surface area contributed by atoms with Gasteiger partial charge in [-0.1, -0.05) is 0 Å². The molecule has 0 aromatic carbocycles. The highest BCUT2D eigenvalue weighted by molar-refractivity contribution is 5.66. The van der Waals surface area contributed by atoms with Gasteiger partial charge < -0.3 is 9.64 Å². The van der Waals surface area contributed by atoms with E-state index in [-0.39, 0.29) is 12.1 Å². The van der Waals surface area contributed by atoms with Crippen molar-refractivity contribution in [3.63, 3.8) is 0 Å². The largest absolute Gasteiger partial charge is 0.461 e. The van der Waals surface area contributed by atoms with Gasteiger partial charge in [0.05, 0.1) is 0 Å². The molecule has 0 bridgehead atoms. The van der Waals surface area contributed by atoms with Crippen LogP contribution in [0.3, 0.4) is 0 Å². The summed E-state index contributed by atoms with van der Waals surface area (Å²) in [6.45, 7) is 1.45. The number of hydrogen-bond donors (Lipinski definition) is 0. The summed E-state index contributed by atoms with van der Waals surface area (Å²) in [6, 6.07) is 0.462. The van der Waals surface area contributed by atoms with Gasteiger partial charge in [0.25, 0.3) is 0 Å². The average Bonchev–Trinajstić information content (AvgIpc) is 2.43. The second-order valence-electron chi connectivity index (χ2n) is 2.91. The van der Waals surface area contributed by atoms with Crippen LogP contribution in [-0.4, -0.2) is 37.1 Å². The third-order valence-corrected chi connectivity index (χ3v) is 1.68. The Hall–Kier alpha value is -0.570. The monoisotopic (exact) mass is 143 g/mol. The van der Waals surface area contributed by atoms with Gasteiger partial charge in [-0.3, -0.25) is 4.79 Å². The van der Waals surface area contributed by atoms with E-state index in [9.17, 15) is 4.79 Å². The number of carbonyl (C=O) groups is 1. The van der Waals surface area contributed by atoms with Gasteiger partial charge in [0.1, 0.15) is 6.10 Å². The van der Waals surface area contributed by atoms with E-state index in [1.807, 2.05) is 14.1 Å². The zero-order valence-electron chi connectivity index (χ0n) is 6.63. The lowest BCUT2D eigenvalue weighted by Gasteiger charge is -2.07. The maximum Gasteiger partial charge on any atom is 0.302 e. The first-order valence-electron chi connectivity index (χ1n) is 3.45. The van der Waals surface area contributed by atoms with Crippen LogP contribution in [0, 0.1) is 0 Å². The molecule has 1 rings (SSSR count). The van der Waals surface area contributed by atoms with Gasteiger partial charge in [0.15, 0.2) is 0 Å². The Morgan fingerprint density at radius 3 is 2.50 bits per heavy atom. The zero-order valence-corrected chi connectivity index (χ0v) is 6.63. The Balaban J connectivity index is 2.19. The van der Waals surface area contributed by atoms with Crippen LogP contribution in [0.15, 0.2) is 0 Å². The van der Waals surface area contributed by atoms with E-state index in [0.29, 0.717) is 6.04 Å². The normalized spacial score (nSPS) is 30.4. The summed E-state index contributed by atoms with van der Waals surface area (Å²) >= 11 is 0. The SMILES string of the molecule is CC(=O)O[C@@H]1C[C@H]1N(C)C. The van der Waals surface area contributed by atoms with Crippen molar-refractivity contribution in [2.45, 2.75) is 25.5 Å². The summed E-state index contributed by atoms with van der Waals surface area (Å²) in [6.07, 6.45) is 1.15. The first-order chi connectivity index (χ1) is 4.61. The molecule has 0 heterocycles. The van der Waals surface area contributed by atoms with E-state index in [0.717, 1.165) is 6.42 Å². The highest BCUT2D eigenvalue weighted by Gasteiger charge is 2.41. The molecule has 10 heavy (non-hydrogen) atoms. The van der Waals surface area contributed by atoms with Gasteiger partial charge in [0, 0.05) is 19.4 Å². The molecule has 2 atom stereocenters. The van der Waals surface area contributed by atoms with Gasteiger partial charge in [-0.05, 0) is 14.1 Å². The molecule has 0 N–H and O–H groups in total. The van der Waals surface area contributed by atoms with Crippen molar-refractivity contribution in [2.75, 3.05) is 14.1 Å². The first kappa shape index (κ1) is 7.54. The topological polar surface area (TPSA) is 29.5 Å². The minimum Gasteiger partial charge on any atom is -0.461 e. The quantitative estimate of drug-likeness (QED) is 0.519. The second-order valence-corrected chi connectivity index (χ2v) is 2.91. The molecule has 58 valence electrons. The Morgan fingerprint density at radius 2 is 2.20 bits per heavy atom. The maximum atomic E-state index is 10.4. The van der Waals surface area contributed by atoms with Gasteiger partial charge in [-0.15, -0.1) is 0 Å². The fourth-order valence-corrected chi connectivity index (χ4v) is 1.04. The van der Waals surface area contributed by atoms with Crippen molar-refractivity contribution in [1.29, 1.82) is 0 Å². The van der Waals surface area contributed by atoms with Crippen molar-refractivity contribution >= 4 is 5.97 Å². The molecule has 3 nitrogen and oxygen atoms in total. The lowest BCUT2D eigenvalue weighted by atomic mass is 10.6. The fourth-order valence-electron chi connectivity index (χ4n) is 1.04. The maximum absolute atomic E-state index is 10.4. The molecule has 0 amide bonds. The second kappa shape index (κ2) is 2.58. The standard InChI is InChI=1S/C7H13NO2/c1-5(9)10-7-4-6(7)8(2)3/h6-7H,4H2,1-3H3/t6-,7-/m1/s1. The van der Waals surface area contributed by atoms with Crippen LogP contribution in [-0.2, 0) is 9.53 Å². The molecule has 1 fully saturated rings. The van der Waals surface area contributed by atoms with E-state index < -0.39 is 0 Å². The van der Waals surface area contributed by atoms with Crippen LogP contribution >= 0.6 is 0 Å². The molecular weight excluding hydrogens is 130 g/mol. The third-order valence-electron chi connectivity index (χ3n) is 1.68. The molecule has 0 radical (unpaired) electrons. The number of esters is 1. The van der Waals surface area contributed by atoms with E-state index in [2.05, 4.69) is 4.90 Å². The number of hydrogen-bond acceptors (Lipinski definition) is 3. The highest BCUT2D eigenvalue weighted by atomic mass is 16.5. The van der Waals surface area contributed by atoms with Crippen LogP contribution in [0.25, 0.3) is 0 Å². The number of carbonyl (C=O) groups excluding carboxylic acids is 1. The van der Waals surface area contributed by atoms with Crippen molar-refractivity contribution < 1.29 is 9.53 Å². The summed E-state index contributed by atoms with van der Waals surface area (Å²) < 4.78 is 4.95. The van der Waals surface area contributed by atoms with Gasteiger partial charge >= 0.3 is 5.97 Å². The minimum atomic E-state index is -0.172. The van der Waals surface area contributed by atoms with E-state index in [1.165, 1.54) is 6.92 Å². The molecule has 0 spiro atoms. The summed E-state index contributed by atoms with van der Waals surface area (Å²) in [4.78, 5) is 12.5. The molecule has 0 aromatic rings. The Labute approximate surface area is 61.0 Å². The predicted molar refractivity (Wildman–Crippen MR) is 37.6 cm³/mol. The van der Waals surface area contributed by atoms with Crippen LogP contribution < -0.4 is 0 Å². The first-order valence-corrected chi connectivity index (χ1v) is 3.45. The van der Waals surface area contributed by atoms with Crippen molar-refractivity contribution in [3.8, 4) is 0 Å². The fraction of sp³-hybridized carbons (Fsp3) is 0.857. The van der Waals surface area contributed by atoms with E-state index in [4.69, 9.17) is 4.74 Å². The van der Waals surface area contributed by atoms with Crippen LogP contribution in [0.4, 0.5) is 0 Å². The third kappa shape index (κ3) is 1.70. The molecule has 0 unspecified atom stereocenters. The molecule has 0 aliphatic heterocycles. The number of rotatable bonds is 2. The molecule has 0 aromatic heterocycles. The van der Waals surface area contributed by atoms with Crippen LogP contribution in [0.2, 0.25) is 0 Å². The molecule has 1 aliphatic carbocycles. The van der Waals surface area contributed by atoms with E-state index >= 15 is 0 Å². The van der Waals surface area contributed by atoms with Crippen molar-refractivity contribution in [3.05, 3.63) is 0 Å². The zero-order chi connectivity index (χ0) is 7.72. The molecule has 0 saturated heterocycles. The summed E-state index contributed by atoms with van der Waals surface area (Å²) in [5.74, 6) is -0.172. The van der Waals surface area contributed by atoms with Gasteiger partial charge in [0.2, 0.25) is 0 Å². The van der Waals surface area contributed by atoms with Gasteiger partial charge in [-0.2, -0.15) is 0 Å². The Kier molecular flexibility index (Phi) is 1.94. The average molecular weight is 143 g/mol. The lowest BCUT2D eigenvalue weighted by molar-refractivity contribution is -0.142. The van der Waals surface area contributed by atoms with Crippen LogP contribution in [0.1, 0.15) is 13.3 Å². The predicted octanol–water partition coefficient (Wildman–Crippen LogP) is 0.252. The highest BCUT2D eigenvalue weighted by Crippen LogP contribution is 2.29. The van der Waals surface area contributed by atoms with E-state index in [1.54, 1.807) is 0 Å². The minimum absolute atomic E-state index is 0.160.